The van der Waals surface area contributed by atoms with Crippen molar-refractivity contribution in [2.75, 3.05) is 0 Å². The highest BCUT2D eigenvalue weighted by Crippen LogP contribution is 2.33. The average molecular weight is 281 g/mol. The molecule has 1 aromatic heterocycles. The Morgan fingerprint density at radius 3 is 2.58 bits per heavy atom. The van der Waals surface area contributed by atoms with Gasteiger partial charge in [0.2, 0.25) is 0 Å². The lowest BCUT2D eigenvalue weighted by Gasteiger charge is -2.09. The minimum Gasteiger partial charge on any atom is -0.258 e. The summed E-state index contributed by atoms with van der Waals surface area (Å²) in [7, 11) is 0. The third-order valence-corrected chi connectivity index (χ3v) is 2.92. The number of nitro groups is 1. The molecule has 6 heteroatoms. The van der Waals surface area contributed by atoms with Crippen molar-refractivity contribution in [3.63, 3.8) is 0 Å². The zero-order valence-corrected chi connectivity index (χ0v) is 11.0. The van der Waals surface area contributed by atoms with E-state index in [0.29, 0.717) is 5.56 Å². The van der Waals surface area contributed by atoms with E-state index in [0.717, 1.165) is 5.56 Å². The number of pyridine rings is 1. The predicted octanol–water partition coefficient (Wildman–Crippen LogP) is 4.07. The Bertz CT molecular complexity index is 651. The van der Waals surface area contributed by atoms with Crippen LogP contribution < -0.4 is 0 Å². The zero-order valence-electron chi connectivity index (χ0n) is 10.3. The van der Waals surface area contributed by atoms with Crippen molar-refractivity contribution in [3.8, 4) is 11.3 Å². The van der Waals surface area contributed by atoms with E-state index in [1.54, 1.807) is 19.9 Å². The summed E-state index contributed by atoms with van der Waals surface area (Å²) in [6, 6.07) is 5.59. The molecular weight excluding hydrogens is 271 g/mol. The molecule has 2 aromatic rings. The number of halogens is 2. The van der Waals surface area contributed by atoms with Gasteiger partial charge in [-0.2, -0.15) is 0 Å². The molecule has 2 rings (SSSR count). The van der Waals surface area contributed by atoms with Gasteiger partial charge in [-0.1, -0.05) is 17.7 Å². The summed E-state index contributed by atoms with van der Waals surface area (Å²) in [4.78, 5) is 14.3. The molecule has 0 saturated carbocycles. The van der Waals surface area contributed by atoms with Crippen LogP contribution in [0, 0.1) is 29.8 Å². The van der Waals surface area contributed by atoms with E-state index < -0.39 is 10.7 Å². The molecule has 0 aliphatic carbocycles. The van der Waals surface area contributed by atoms with E-state index in [4.69, 9.17) is 11.6 Å². The third-order valence-electron chi connectivity index (χ3n) is 2.71. The van der Waals surface area contributed by atoms with Gasteiger partial charge in [-0.25, -0.2) is 9.37 Å². The summed E-state index contributed by atoms with van der Waals surface area (Å²) >= 11 is 5.75. The molecule has 0 spiro atoms. The first-order chi connectivity index (χ1) is 8.90. The van der Waals surface area contributed by atoms with E-state index in [1.807, 2.05) is 0 Å². The molecule has 0 amide bonds. The zero-order chi connectivity index (χ0) is 14.2. The van der Waals surface area contributed by atoms with Crippen molar-refractivity contribution in [1.29, 1.82) is 0 Å². The molecule has 0 radical (unpaired) electrons. The van der Waals surface area contributed by atoms with E-state index in [9.17, 15) is 14.5 Å². The second-order valence-electron chi connectivity index (χ2n) is 4.20. The van der Waals surface area contributed by atoms with Gasteiger partial charge < -0.3 is 0 Å². The molecule has 0 fully saturated rings. The van der Waals surface area contributed by atoms with Crippen molar-refractivity contribution < 1.29 is 9.31 Å². The molecule has 0 aliphatic rings. The molecule has 0 atom stereocenters. The highest BCUT2D eigenvalue weighted by molar-refractivity contribution is 6.29. The number of hydrogen-bond acceptors (Lipinski definition) is 3. The van der Waals surface area contributed by atoms with Crippen molar-refractivity contribution in [2.45, 2.75) is 13.8 Å². The quantitative estimate of drug-likeness (QED) is 0.473. The predicted molar refractivity (Wildman–Crippen MR) is 70.8 cm³/mol. The molecule has 0 saturated heterocycles. The van der Waals surface area contributed by atoms with Crippen LogP contribution >= 0.6 is 11.6 Å². The Balaban J connectivity index is 2.78. The van der Waals surface area contributed by atoms with Gasteiger partial charge in [0.25, 0.3) is 5.69 Å². The molecule has 1 heterocycles. The lowest BCUT2D eigenvalue weighted by atomic mass is 10.0. The Kier molecular flexibility index (Phi) is 3.48. The van der Waals surface area contributed by atoms with Crippen molar-refractivity contribution in [3.05, 3.63) is 56.5 Å². The highest BCUT2D eigenvalue weighted by Gasteiger charge is 2.22. The van der Waals surface area contributed by atoms with Gasteiger partial charge >= 0.3 is 0 Å². The fourth-order valence-electron chi connectivity index (χ4n) is 1.97. The molecule has 1 aromatic carbocycles. The Morgan fingerprint density at radius 2 is 2.00 bits per heavy atom. The topological polar surface area (TPSA) is 56.0 Å². The van der Waals surface area contributed by atoms with E-state index >= 15 is 0 Å². The summed E-state index contributed by atoms with van der Waals surface area (Å²) < 4.78 is 14.1. The van der Waals surface area contributed by atoms with Crippen molar-refractivity contribution in [2.24, 2.45) is 0 Å². The Hall–Kier alpha value is -2.01. The standard InChI is InChI=1S/C13H10ClFN2O2/c1-7-5-8(2)12(9(15)6-7)13-10(17(18)19)3-4-11(14)16-13/h3-6H,1-2H3. The van der Waals surface area contributed by atoms with Crippen molar-refractivity contribution in [1.82, 2.24) is 4.98 Å². The van der Waals surface area contributed by atoms with Crippen LogP contribution in [-0.2, 0) is 0 Å². The van der Waals surface area contributed by atoms with Gasteiger partial charge in [-0.15, -0.1) is 0 Å². The molecule has 0 aliphatic heterocycles. The first-order valence-electron chi connectivity index (χ1n) is 5.48. The van der Waals surface area contributed by atoms with Gasteiger partial charge in [0.1, 0.15) is 11.0 Å². The molecule has 19 heavy (non-hydrogen) atoms. The van der Waals surface area contributed by atoms with Crippen LogP contribution in [0.3, 0.4) is 0 Å². The van der Waals surface area contributed by atoms with Gasteiger partial charge in [0, 0.05) is 11.6 Å². The van der Waals surface area contributed by atoms with Gasteiger partial charge in [-0.05, 0) is 37.1 Å². The number of benzene rings is 1. The highest BCUT2D eigenvalue weighted by atomic mass is 35.5. The summed E-state index contributed by atoms with van der Waals surface area (Å²) in [5, 5.41) is 11.1. The Morgan fingerprint density at radius 1 is 1.32 bits per heavy atom. The first-order valence-corrected chi connectivity index (χ1v) is 5.86. The maximum absolute atomic E-state index is 14.1. The van der Waals surface area contributed by atoms with Gasteiger partial charge in [-0.3, -0.25) is 10.1 Å². The monoisotopic (exact) mass is 280 g/mol. The molecule has 0 N–H and O–H groups in total. The van der Waals surface area contributed by atoms with Gasteiger partial charge in [0.15, 0.2) is 5.69 Å². The number of hydrogen-bond donors (Lipinski definition) is 0. The number of aryl methyl sites for hydroxylation is 2. The van der Waals surface area contributed by atoms with Crippen LogP contribution in [0.5, 0.6) is 0 Å². The second-order valence-corrected chi connectivity index (χ2v) is 4.58. The summed E-state index contributed by atoms with van der Waals surface area (Å²) in [6.45, 7) is 3.43. The average Bonchev–Trinajstić information content (AvgIpc) is 2.27. The van der Waals surface area contributed by atoms with Crippen LogP contribution in [0.25, 0.3) is 11.3 Å². The maximum Gasteiger partial charge on any atom is 0.295 e. The normalized spacial score (nSPS) is 10.5. The van der Waals surface area contributed by atoms with E-state index in [2.05, 4.69) is 4.98 Å². The van der Waals surface area contributed by atoms with E-state index in [1.165, 1.54) is 18.2 Å². The third kappa shape index (κ3) is 2.56. The first kappa shape index (κ1) is 13.4. The fourth-order valence-corrected chi connectivity index (χ4v) is 2.12. The van der Waals surface area contributed by atoms with Crippen LogP contribution in [0.1, 0.15) is 11.1 Å². The summed E-state index contributed by atoms with van der Waals surface area (Å²) in [5.74, 6) is -0.546. The summed E-state index contributed by atoms with van der Waals surface area (Å²) in [5.41, 5.74) is 1.11. The van der Waals surface area contributed by atoms with Crippen LogP contribution in [-0.4, -0.2) is 9.91 Å². The maximum atomic E-state index is 14.1. The smallest absolute Gasteiger partial charge is 0.258 e. The van der Waals surface area contributed by atoms with Crippen LogP contribution in [0.15, 0.2) is 24.3 Å². The fraction of sp³-hybridized carbons (Fsp3) is 0.154. The number of nitrogens with zero attached hydrogens (tertiary/aromatic N) is 2. The Labute approximate surface area is 114 Å². The van der Waals surface area contributed by atoms with Crippen LogP contribution in [0.4, 0.5) is 10.1 Å². The summed E-state index contributed by atoms with van der Waals surface area (Å²) in [6.07, 6.45) is 0. The van der Waals surface area contributed by atoms with Gasteiger partial charge in [0.05, 0.1) is 4.92 Å². The second kappa shape index (κ2) is 4.93. The van der Waals surface area contributed by atoms with E-state index in [-0.39, 0.29) is 22.1 Å². The molecule has 4 nitrogen and oxygen atoms in total. The molecule has 98 valence electrons. The van der Waals surface area contributed by atoms with Crippen molar-refractivity contribution >= 4 is 17.3 Å². The molecule has 0 unspecified atom stereocenters. The lowest BCUT2D eigenvalue weighted by molar-refractivity contribution is -0.384. The lowest BCUT2D eigenvalue weighted by Crippen LogP contribution is -1.99. The minimum atomic E-state index is -0.600. The number of aromatic nitrogens is 1. The molecular formula is C13H10ClFN2O2. The number of rotatable bonds is 2. The minimum absolute atomic E-state index is 0.0486. The SMILES string of the molecule is Cc1cc(C)c(-c2nc(Cl)ccc2[N+](=O)[O-])c(F)c1. The largest absolute Gasteiger partial charge is 0.295 e. The van der Waals surface area contributed by atoms with Crippen LogP contribution in [0.2, 0.25) is 5.15 Å². The molecule has 0 bridgehead atoms.